The molecule has 0 saturated heterocycles. The molecule has 0 bridgehead atoms. The maximum atomic E-state index is 12.8. The van der Waals surface area contributed by atoms with Crippen molar-refractivity contribution in [1.29, 1.82) is 0 Å². The van der Waals surface area contributed by atoms with Gasteiger partial charge in [0.1, 0.15) is 0 Å². The van der Waals surface area contributed by atoms with E-state index in [1.165, 1.54) is 6.07 Å². The summed E-state index contributed by atoms with van der Waals surface area (Å²) in [6.45, 7) is 1.87. The van der Waals surface area contributed by atoms with Crippen molar-refractivity contribution < 1.29 is 17.2 Å². The van der Waals surface area contributed by atoms with Crippen LogP contribution in [0.15, 0.2) is 18.2 Å². The van der Waals surface area contributed by atoms with Crippen LogP contribution in [0.5, 0.6) is 0 Å². The normalized spacial score (nSPS) is 11.7. The Morgan fingerprint density at radius 3 is 2.53 bits per heavy atom. The van der Waals surface area contributed by atoms with E-state index in [0.29, 0.717) is 12.0 Å². The summed E-state index contributed by atoms with van der Waals surface area (Å²) in [5.74, 6) is -1.87. The highest BCUT2D eigenvalue weighted by atomic mass is 32.2. The highest BCUT2D eigenvalue weighted by molar-refractivity contribution is 7.89. The van der Waals surface area contributed by atoms with Gasteiger partial charge in [-0.15, -0.1) is 0 Å². The Morgan fingerprint density at radius 2 is 1.94 bits per heavy atom. The number of rotatable bonds is 6. The van der Waals surface area contributed by atoms with E-state index in [0.717, 1.165) is 18.6 Å². The van der Waals surface area contributed by atoms with Crippen LogP contribution in [0.2, 0.25) is 0 Å². The molecule has 0 aromatic heterocycles. The van der Waals surface area contributed by atoms with Crippen LogP contribution in [0.3, 0.4) is 0 Å². The molecule has 0 atom stereocenters. The van der Waals surface area contributed by atoms with E-state index in [2.05, 4.69) is 4.72 Å². The summed E-state index contributed by atoms with van der Waals surface area (Å²) in [4.78, 5) is 0. The summed E-state index contributed by atoms with van der Waals surface area (Å²) in [6.07, 6.45) is 1.36. The summed E-state index contributed by atoms with van der Waals surface area (Å²) in [7, 11) is -3.33. The number of unbranched alkanes of at least 4 members (excludes halogenated alkanes) is 1. The Labute approximate surface area is 99.9 Å². The van der Waals surface area contributed by atoms with Crippen LogP contribution in [0, 0.1) is 11.6 Å². The second-order valence-corrected chi connectivity index (χ2v) is 5.67. The fourth-order valence-corrected chi connectivity index (χ4v) is 2.45. The smallest absolute Gasteiger partial charge is 0.211 e. The van der Waals surface area contributed by atoms with Crippen LogP contribution < -0.4 is 4.72 Å². The van der Waals surface area contributed by atoms with Crippen molar-refractivity contribution in [1.82, 2.24) is 4.72 Å². The fourth-order valence-electron chi connectivity index (χ4n) is 1.25. The minimum Gasteiger partial charge on any atom is -0.212 e. The van der Waals surface area contributed by atoms with Gasteiger partial charge < -0.3 is 0 Å². The molecule has 17 heavy (non-hydrogen) atoms. The second kappa shape index (κ2) is 6.07. The Hall–Kier alpha value is -1.01. The maximum Gasteiger partial charge on any atom is 0.211 e. The third-order valence-corrected chi connectivity index (χ3v) is 3.66. The molecule has 3 nitrogen and oxygen atoms in total. The zero-order valence-electron chi connectivity index (χ0n) is 9.54. The third-order valence-electron chi connectivity index (χ3n) is 2.25. The molecule has 0 unspecified atom stereocenters. The highest BCUT2D eigenvalue weighted by Crippen LogP contribution is 2.08. The van der Waals surface area contributed by atoms with Gasteiger partial charge in [-0.3, -0.25) is 0 Å². The van der Waals surface area contributed by atoms with Crippen LogP contribution in [-0.4, -0.2) is 14.2 Å². The first kappa shape index (κ1) is 14.1. The van der Waals surface area contributed by atoms with Gasteiger partial charge in [-0.1, -0.05) is 19.4 Å². The maximum absolute atomic E-state index is 12.8. The van der Waals surface area contributed by atoms with Crippen LogP contribution >= 0.6 is 0 Å². The molecule has 0 fully saturated rings. The van der Waals surface area contributed by atoms with Crippen molar-refractivity contribution in [2.45, 2.75) is 26.3 Å². The summed E-state index contributed by atoms with van der Waals surface area (Å²) >= 11 is 0. The topological polar surface area (TPSA) is 46.2 Å². The van der Waals surface area contributed by atoms with E-state index < -0.39 is 21.7 Å². The summed E-state index contributed by atoms with van der Waals surface area (Å²) in [6, 6.07) is 3.31. The Morgan fingerprint density at radius 1 is 1.24 bits per heavy atom. The van der Waals surface area contributed by atoms with Gasteiger partial charge in [0.15, 0.2) is 11.6 Å². The highest BCUT2D eigenvalue weighted by Gasteiger charge is 2.09. The predicted molar refractivity (Wildman–Crippen MR) is 61.9 cm³/mol. The van der Waals surface area contributed by atoms with Crippen molar-refractivity contribution in [3.05, 3.63) is 35.4 Å². The van der Waals surface area contributed by atoms with Crippen LogP contribution in [0.25, 0.3) is 0 Å². The zero-order valence-corrected chi connectivity index (χ0v) is 10.4. The Balaban J connectivity index is 2.58. The summed E-state index contributed by atoms with van der Waals surface area (Å²) < 4.78 is 50.7. The molecule has 0 radical (unpaired) electrons. The van der Waals surface area contributed by atoms with E-state index in [9.17, 15) is 17.2 Å². The Bertz CT molecular complexity index is 474. The van der Waals surface area contributed by atoms with Crippen molar-refractivity contribution in [3.63, 3.8) is 0 Å². The van der Waals surface area contributed by atoms with Gasteiger partial charge in [-0.05, 0) is 24.1 Å². The number of benzene rings is 1. The number of hydrogen-bond donors (Lipinski definition) is 1. The minimum absolute atomic E-state index is 0.0246. The van der Waals surface area contributed by atoms with E-state index in [1.807, 2.05) is 6.92 Å². The minimum atomic E-state index is -3.33. The van der Waals surface area contributed by atoms with Gasteiger partial charge in [-0.25, -0.2) is 21.9 Å². The first-order valence-electron chi connectivity index (χ1n) is 5.36. The van der Waals surface area contributed by atoms with Crippen molar-refractivity contribution in [2.75, 3.05) is 5.75 Å². The largest absolute Gasteiger partial charge is 0.212 e. The molecule has 0 amide bonds. The van der Waals surface area contributed by atoms with Gasteiger partial charge in [0, 0.05) is 6.54 Å². The molecular weight excluding hydrogens is 248 g/mol. The number of nitrogens with one attached hydrogen (secondary N) is 1. The first-order chi connectivity index (χ1) is 7.94. The van der Waals surface area contributed by atoms with Crippen molar-refractivity contribution in [2.24, 2.45) is 0 Å². The average molecular weight is 263 g/mol. The van der Waals surface area contributed by atoms with Crippen molar-refractivity contribution >= 4 is 10.0 Å². The molecule has 96 valence electrons. The molecule has 0 spiro atoms. The fraction of sp³-hybridized carbons (Fsp3) is 0.455. The third kappa shape index (κ3) is 4.79. The van der Waals surface area contributed by atoms with E-state index >= 15 is 0 Å². The van der Waals surface area contributed by atoms with Gasteiger partial charge in [0.05, 0.1) is 5.75 Å². The van der Waals surface area contributed by atoms with Gasteiger partial charge >= 0.3 is 0 Å². The van der Waals surface area contributed by atoms with Crippen LogP contribution in [0.1, 0.15) is 25.3 Å². The molecule has 0 aliphatic carbocycles. The van der Waals surface area contributed by atoms with E-state index in [-0.39, 0.29) is 12.3 Å². The molecular formula is C11H15F2NO2S. The van der Waals surface area contributed by atoms with Crippen LogP contribution in [0.4, 0.5) is 8.78 Å². The zero-order chi connectivity index (χ0) is 12.9. The summed E-state index contributed by atoms with van der Waals surface area (Å²) in [5, 5.41) is 0. The van der Waals surface area contributed by atoms with Gasteiger partial charge in [0.25, 0.3) is 0 Å². The standard InChI is InChI=1S/C11H15F2NO2S/c1-2-3-6-17(15,16)14-8-9-4-5-10(12)11(13)7-9/h4-5,7,14H,2-3,6,8H2,1H3. The lowest BCUT2D eigenvalue weighted by molar-refractivity contribution is 0.506. The number of hydrogen-bond acceptors (Lipinski definition) is 2. The summed E-state index contributed by atoms with van der Waals surface area (Å²) in [5.41, 5.74) is 0.393. The lowest BCUT2D eigenvalue weighted by Gasteiger charge is -2.06. The Kier molecular flexibility index (Phi) is 5.02. The second-order valence-electron chi connectivity index (χ2n) is 3.74. The first-order valence-corrected chi connectivity index (χ1v) is 7.01. The number of sulfonamides is 1. The quantitative estimate of drug-likeness (QED) is 0.855. The molecule has 1 aromatic rings. The molecule has 1 N–H and O–H groups in total. The van der Waals surface area contributed by atoms with E-state index in [4.69, 9.17) is 0 Å². The van der Waals surface area contributed by atoms with E-state index in [1.54, 1.807) is 0 Å². The lowest BCUT2D eigenvalue weighted by atomic mass is 10.2. The molecule has 6 heteroatoms. The molecule has 1 rings (SSSR count). The van der Waals surface area contributed by atoms with Gasteiger partial charge in [-0.2, -0.15) is 0 Å². The molecule has 1 aromatic carbocycles. The molecule has 0 aliphatic heterocycles. The lowest BCUT2D eigenvalue weighted by Crippen LogP contribution is -2.25. The molecule has 0 saturated carbocycles. The number of halogens is 2. The van der Waals surface area contributed by atoms with Gasteiger partial charge in [0.2, 0.25) is 10.0 Å². The monoisotopic (exact) mass is 263 g/mol. The molecule has 0 heterocycles. The average Bonchev–Trinajstić information content (AvgIpc) is 2.28. The van der Waals surface area contributed by atoms with Crippen LogP contribution in [-0.2, 0) is 16.6 Å². The van der Waals surface area contributed by atoms with Crippen molar-refractivity contribution in [3.8, 4) is 0 Å². The molecule has 0 aliphatic rings. The predicted octanol–water partition coefficient (Wildman–Crippen LogP) is 2.18. The SMILES string of the molecule is CCCCS(=O)(=O)NCc1ccc(F)c(F)c1.